The van der Waals surface area contributed by atoms with Gasteiger partial charge in [-0.3, -0.25) is 9.48 Å². The van der Waals surface area contributed by atoms with E-state index in [1.807, 2.05) is 6.92 Å². The van der Waals surface area contributed by atoms with Crippen molar-refractivity contribution in [1.29, 1.82) is 0 Å². The lowest BCUT2D eigenvalue weighted by molar-refractivity contribution is -0.134. The van der Waals surface area contributed by atoms with Gasteiger partial charge in [-0.25, -0.2) is 0 Å². The fourth-order valence-electron chi connectivity index (χ4n) is 1.48. The van der Waals surface area contributed by atoms with Gasteiger partial charge in [0.15, 0.2) is 0 Å². The Bertz CT molecular complexity index is 327. The molecule has 0 aliphatic heterocycles. The van der Waals surface area contributed by atoms with Gasteiger partial charge in [-0.2, -0.15) is 5.10 Å². The molecule has 0 bridgehead atoms. The number of aromatic nitrogens is 2. The largest absolute Gasteiger partial charge is 0.389 e. The number of nitrogens with zero attached hydrogens (tertiary/aromatic N) is 3. The molecule has 0 fully saturated rings. The van der Waals surface area contributed by atoms with Crippen molar-refractivity contribution in [1.82, 2.24) is 14.7 Å². The lowest BCUT2D eigenvalue weighted by Crippen LogP contribution is -2.43. The average molecular weight is 225 g/mol. The van der Waals surface area contributed by atoms with E-state index in [9.17, 15) is 9.90 Å². The van der Waals surface area contributed by atoms with Gasteiger partial charge in [0.25, 0.3) is 0 Å². The second-order valence-corrected chi connectivity index (χ2v) is 4.42. The second-order valence-electron chi connectivity index (χ2n) is 4.42. The van der Waals surface area contributed by atoms with Gasteiger partial charge in [0.1, 0.15) is 6.54 Å². The summed E-state index contributed by atoms with van der Waals surface area (Å²) in [6, 6.07) is 1.78. The van der Waals surface area contributed by atoms with E-state index in [0.29, 0.717) is 13.1 Å². The van der Waals surface area contributed by atoms with Gasteiger partial charge >= 0.3 is 0 Å². The fourth-order valence-corrected chi connectivity index (χ4v) is 1.48. The van der Waals surface area contributed by atoms with Gasteiger partial charge in [-0.1, -0.05) is 0 Å². The molecular weight excluding hydrogens is 206 g/mol. The van der Waals surface area contributed by atoms with Crippen molar-refractivity contribution in [2.75, 3.05) is 13.1 Å². The van der Waals surface area contributed by atoms with E-state index < -0.39 is 5.60 Å². The zero-order valence-electron chi connectivity index (χ0n) is 10.1. The zero-order valence-corrected chi connectivity index (χ0v) is 10.1. The van der Waals surface area contributed by atoms with Crippen LogP contribution >= 0.6 is 0 Å². The molecule has 1 rings (SSSR count). The first-order chi connectivity index (χ1) is 7.42. The fraction of sp³-hybridized carbons (Fsp3) is 0.636. The third-order valence-electron chi connectivity index (χ3n) is 2.17. The Balaban J connectivity index is 2.56. The molecule has 0 saturated heterocycles. The molecule has 0 aliphatic rings. The molecule has 0 radical (unpaired) electrons. The first-order valence-electron chi connectivity index (χ1n) is 5.40. The van der Waals surface area contributed by atoms with Crippen molar-refractivity contribution in [2.24, 2.45) is 0 Å². The molecule has 1 aromatic heterocycles. The highest BCUT2D eigenvalue weighted by atomic mass is 16.3. The Kier molecular flexibility index (Phi) is 4.06. The van der Waals surface area contributed by atoms with Crippen molar-refractivity contribution >= 4 is 5.91 Å². The third-order valence-corrected chi connectivity index (χ3v) is 2.17. The number of rotatable bonds is 5. The maximum atomic E-state index is 11.9. The van der Waals surface area contributed by atoms with Gasteiger partial charge in [-0.05, 0) is 26.8 Å². The molecule has 0 unspecified atom stereocenters. The summed E-state index contributed by atoms with van der Waals surface area (Å²) in [5.74, 6) is -0.0340. The van der Waals surface area contributed by atoms with Crippen LogP contribution in [0.5, 0.6) is 0 Å². The van der Waals surface area contributed by atoms with Gasteiger partial charge in [0, 0.05) is 25.5 Å². The lowest BCUT2D eigenvalue weighted by atomic mass is 10.1. The minimum absolute atomic E-state index is 0.0340. The smallest absolute Gasteiger partial charge is 0.244 e. The molecular formula is C11H19N3O2. The summed E-state index contributed by atoms with van der Waals surface area (Å²) >= 11 is 0. The first-order valence-corrected chi connectivity index (χ1v) is 5.40. The summed E-state index contributed by atoms with van der Waals surface area (Å²) in [6.45, 7) is 6.42. The average Bonchev–Trinajstić information content (AvgIpc) is 2.65. The first kappa shape index (κ1) is 12.7. The maximum Gasteiger partial charge on any atom is 0.244 e. The molecule has 1 aromatic rings. The predicted octanol–water partition coefficient (Wildman–Crippen LogP) is 0.502. The van der Waals surface area contributed by atoms with Crippen LogP contribution in [0.1, 0.15) is 20.8 Å². The van der Waals surface area contributed by atoms with E-state index in [1.54, 1.807) is 41.9 Å². The number of aliphatic hydroxyl groups is 1. The van der Waals surface area contributed by atoms with E-state index in [1.165, 1.54) is 0 Å². The number of amides is 1. The Morgan fingerprint density at radius 3 is 2.69 bits per heavy atom. The van der Waals surface area contributed by atoms with Crippen molar-refractivity contribution in [2.45, 2.75) is 32.9 Å². The van der Waals surface area contributed by atoms with Gasteiger partial charge in [-0.15, -0.1) is 0 Å². The summed E-state index contributed by atoms with van der Waals surface area (Å²) in [4.78, 5) is 13.5. The molecule has 5 heteroatoms. The molecule has 0 spiro atoms. The Morgan fingerprint density at radius 2 is 2.25 bits per heavy atom. The molecule has 5 nitrogen and oxygen atoms in total. The number of carbonyl (C=O) groups excluding carboxylic acids is 1. The highest BCUT2D eigenvalue weighted by Gasteiger charge is 2.21. The van der Waals surface area contributed by atoms with E-state index in [-0.39, 0.29) is 12.5 Å². The maximum absolute atomic E-state index is 11.9. The van der Waals surface area contributed by atoms with Gasteiger partial charge < -0.3 is 10.0 Å². The van der Waals surface area contributed by atoms with Gasteiger partial charge in [0.2, 0.25) is 5.91 Å². The molecule has 0 atom stereocenters. The van der Waals surface area contributed by atoms with Crippen molar-refractivity contribution in [3.63, 3.8) is 0 Å². The molecule has 1 amide bonds. The van der Waals surface area contributed by atoms with Crippen LogP contribution in [0.2, 0.25) is 0 Å². The molecule has 90 valence electrons. The summed E-state index contributed by atoms with van der Waals surface area (Å²) in [5.41, 5.74) is -0.865. The summed E-state index contributed by atoms with van der Waals surface area (Å²) < 4.78 is 1.58. The SMILES string of the molecule is CCN(CC(C)(C)O)C(=O)Cn1cccn1. The summed E-state index contributed by atoms with van der Waals surface area (Å²) in [7, 11) is 0. The van der Waals surface area contributed by atoms with E-state index in [4.69, 9.17) is 0 Å². The molecule has 0 saturated carbocycles. The summed E-state index contributed by atoms with van der Waals surface area (Å²) in [5, 5.41) is 13.7. The van der Waals surface area contributed by atoms with Crippen LogP contribution in [-0.4, -0.2) is 44.4 Å². The summed E-state index contributed by atoms with van der Waals surface area (Å²) in [6.07, 6.45) is 3.38. The van der Waals surface area contributed by atoms with Crippen molar-refractivity contribution in [3.8, 4) is 0 Å². The van der Waals surface area contributed by atoms with Crippen LogP contribution in [0.25, 0.3) is 0 Å². The topological polar surface area (TPSA) is 58.4 Å². The standard InChI is InChI=1S/C11H19N3O2/c1-4-13(9-11(2,3)16)10(15)8-14-7-5-6-12-14/h5-7,16H,4,8-9H2,1-3H3. The molecule has 1 N–H and O–H groups in total. The predicted molar refractivity (Wildman–Crippen MR) is 60.8 cm³/mol. The lowest BCUT2D eigenvalue weighted by Gasteiger charge is -2.28. The molecule has 0 aliphatic carbocycles. The Morgan fingerprint density at radius 1 is 1.56 bits per heavy atom. The van der Waals surface area contributed by atoms with E-state index in [0.717, 1.165) is 0 Å². The zero-order chi connectivity index (χ0) is 12.2. The van der Waals surface area contributed by atoms with Crippen LogP contribution < -0.4 is 0 Å². The quantitative estimate of drug-likeness (QED) is 0.794. The minimum atomic E-state index is -0.865. The van der Waals surface area contributed by atoms with Crippen LogP contribution in [0.4, 0.5) is 0 Å². The molecule has 0 aromatic carbocycles. The Hall–Kier alpha value is -1.36. The highest BCUT2D eigenvalue weighted by Crippen LogP contribution is 2.05. The Labute approximate surface area is 95.7 Å². The second kappa shape index (κ2) is 5.12. The number of hydrogen-bond acceptors (Lipinski definition) is 3. The van der Waals surface area contributed by atoms with Crippen LogP contribution in [-0.2, 0) is 11.3 Å². The third kappa shape index (κ3) is 4.02. The van der Waals surface area contributed by atoms with Crippen molar-refractivity contribution < 1.29 is 9.90 Å². The monoisotopic (exact) mass is 225 g/mol. The van der Waals surface area contributed by atoms with Crippen LogP contribution in [0, 0.1) is 0 Å². The number of likely N-dealkylation sites (N-methyl/N-ethyl adjacent to an activating group) is 1. The van der Waals surface area contributed by atoms with Gasteiger partial charge in [0.05, 0.1) is 5.60 Å². The highest BCUT2D eigenvalue weighted by molar-refractivity contribution is 5.75. The number of hydrogen-bond donors (Lipinski definition) is 1. The normalized spacial score (nSPS) is 11.5. The minimum Gasteiger partial charge on any atom is -0.389 e. The van der Waals surface area contributed by atoms with Crippen molar-refractivity contribution in [3.05, 3.63) is 18.5 Å². The number of carbonyl (C=O) groups is 1. The van der Waals surface area contributed by atoms with E-state index >= 15 is 0 Å². The van der Waals surface area contributed by atoms with Crippen LogP contribution in [0.3, 0.4) is 0 Å². The molecule has 16 heavy (non-hydrogen) atoms. The van der Waals surface area contributed by atoms with Crippen LogP contribution in [0.15, 0.2) is 18.5 Å². The molecule has 1 heterocycles. The van der Waals surface area contributed by atoms with E-state index in [2.05, 4.69) is 5.10 Å².